The molecule has 1 aliphatic rings. The van der Waals surface area contributed by atoms with Crippen molar-refractivity contribution in [3.05, 3.63) is 58.8 Å². The van der Waals surface area contributed by atoms with Gasteiger partial charge in [0.05, 0.1) is 16.8 Å². The van der Waals surface area contributed by atoms with E-state index >= 15 is 0 Å². The fourth-order valence-electron chi connectivity index (χ4n) is 3.48. The number of carbonyl (C=O) groups excluding carboxylic acids is 1. The lowest BCUT2D eigenvalue weighted by molar-refractivity contribution is 0.0951. The monoisotopic (exact) mass is 424 g/mol. The Balaban J connectivity index is 1.64. The first-order valence-electron chi connectivity index (χ1n) is 9.22. The molecule has 2 aromatic heterocycles. The van der Waals surface area contributed by atoms with Crippen LogP contribution < -0.4 is 5.32 Å². The molecule has 1 fully saturated rings. The number of rotatable bonds is 5. The van der Waals surface area contributed by atoms with Gasteiger partial charge in [0.2, 0.25) is 0 Å². The number of likely N-dealkylation sites (tertiary alicyclic amines) is 1. The molecule has 0 atom stereocenters. The zero-order valence-corrected chi connectivity index (χ0v) is 16.6. The van der Waals surface area contributed by atoms with Gasteiger partial charge in [0.1, 0.15) is 0 Å². The number of nitrogens with one attached hydrogen (secondary N) is 1. The Bertz CT molecular complexity index is 955. The van der Waals surface area contributed by atoms with Crippen molar-refractivity contribution in [2.75, 3.05) is 26.2 Å². The summed E-state index contributed by atoms with van der Waals surface area (Å²) in [6.45, 7) is 3.81. The Hall–Kier alpha value is -2.31. The molecule has 1 N–H and O–H groups in total. The fraction of sp³-hybridized carbons (Fsp3) is 0.286. The van der Waals surface area contributed by atoms with Crippen molar-refractivity contribution >= 4 is 32.7 Å². The molecule has 0 spiro atoms. The lowest BCUT2D eigenvalue weighted by Crippen LogP contribution is -2.33. The van der Waals surface area contributed by atoms with Gasteiger partial charge in [0.15, 0.2) is 0 Å². The van der Waals surface area contributed by atoms with Crippen LogP contribution in [0, 0.1) is 0 Å². The Morgan fingerprint density at radius 2 is 2.04 bits per heavy atom. The average Bonchev–Trinajstić information content (AvgIpc) is 3.21. The van der Waals surface area contributed by atoms with E-state index in [1.165, 1.54) is 12.8 Å². The van der Waals surface area contributed by atoms with Gasteiger partial charge in [-0.3, -0.25) is 9.78 Å². The minimum Gasteiger partial charge on any atom is -0.351 e. The van der Waals surface area contributed by atoms with E-state index in [1.807, 2.05) is 36.4 Å². The summed E-state index contributed by atoms with van der Waals surface area (Å²) >= 11 is 3.50. The second-order valence-electron chi connectivity index (χ2n) is 6.76. The molecular formula is C21H21BrN4O. The Kier molecular flexibility index (Phi) is 5.45. The summed E-state index contributed by atoms with van der Waals surface area (Å²) in [5, 5.41) is 3.92. The van der Waals surface area contributed by atoms with Crippen LogP contribution in [0.5, 0.6) is 0 Å². The molecule has 4 rings (SSSR count). The van der Waals surface area contributed by atoms with E-state index in [-0.39, 0.29) is 5.91 Å². The Morgan fingerprint density at radius 1 is 1.19 bits per heavy atom. The molecule has 0 unspecified atom stereocenters. The summed E-state index contributed by atoms with van der Waals surface area (Å²) in [6, 6.07) is 11.5. The summed E-state index contributed by atoms with van der Waals surface area (Å²) in [4.78, 5) is 24.2. The third-order valence-electron chi connectivity index (χ3n) is 4.88. The second kappa shape index (κ2) is 8.15. The first kappa shape index (κ1) is 18.1. The number of hydrogen-bond acceptors (Lipinski definition) is 4. The number of halogens is 1. The molecule has 1 amide bonds. The third-order valence-corrected chi connectivity index (χ3v) is 5.38. The van der Waals surface area contributed by atoms with Gasteiger partial charge in [-0.05, 0) is 62.3 Å². The highest BCUT2D eigenvalue weighted by molar-refractivity contribution is 9.10. The molecular weight excluding hydrogens is 404 g/mol. The van der Waals surface area contributed by atoms with Gasteiger partial charge < -0.3 is 10.2 Å². The van der Waals surface area contributed by atoms with Crippen LogP contribution in [0.3, 0.4) is 0 Å². The Labute approximate surface area is 166 Å². The van der Waals surface area contributed by atoms with Crippen LogP contribution in [0.2, 0.25) is 0 Å². The lowest BCUT2D eigenvalue weighted by atomic mass is 10.0. The first-order valence-corrected chi connectivity index (χ1v) is 10.0. The molecule has 1 saturated heterocycles. The van der Waals surface area contributed by atoms with E-state index in [0.29, 0.717) is 12.1 Å². The summed E-state index contributed by atoms with van der Waals surface area (Å²) in [6.07, 6.45) is 6.01. The molecule has 0 radical (unpaired) electrons. The quantitative estimate of drug-likeness (QED) is 0.674. The van der Waals surface area contributed by atoms with E-state index < -0.39 is 0 Å². The number of benzene rings is 1. The number of amides is 1. The zero-order valence-electron chi connectivity index (χ0n) is 15.0. The first-order chi connectivity index (χ1) is 13.2. The van der Waals surface area contributed by atoms with Crippen LogP contribution in [0.15, 0.2) is 53.3 Å². The molecule has 6 heteroatoms. The van der Waals surface area contributed by atoms with E-state index in [4.69, 9.17) is 4.98 Å². The highest BCUT2D eigenvalue weighted by atomic mass is 79.9. The largest absolute Gasteiger partial charge is 0.351 e. The van der Waals surface area contributed by atoms with Crippen molar-refractivity contribution in [2.24, 2.45) is 0 Å². The van der Waals surface area contributed by atoms with Crippen LogP contribution >= 0.6 is 15.9 Å². The maximum atomic E-state index is 12.9. The Morgan fingerprint density at radius 3 is 2.81 bits per heavy atom. The van der Waals surface area contributed by atoms with Gasteiger partial charge in [-0.1, -0.05) is 15.9 Å². The summed E-state index contributed by atoms with van der Waals surface area (Å²) in [7, 11) is 0. The molecule has 3 aromatic rings. The van der Waals surface area contributed by atoms with Gasteiger partial charge in [-0.25, -0.2) is 4.98 Å². The van der Waals surface area contributed by atoms with Crippen LogP contribution in [0.4, 0.5) is 0 Å². The fourth-order valence-corrected chi connectivity index (χ4v) is 3.84. The maximum Gasteiger partial charge on any atom is 0.252 e. The van der Waals surface area contributed by atoms with E-state index in [1.54, 1.807) is 12.4 Å². The predicted octanol–water partition coefficient (Wildman–Crippen LogP) is 3.88. The zero-order chi connectivity index (χ0) is 18.6. The standard InChI is InChI=1S/C21H21BrN4O/c22-16-5-6-19-17(12-16)18(13-20(25-19)15-4-3-7-23-14-15)21(27)24-8-11-26-9-1-2-10-26/h3-7,12-14H,1-2,8-11H2,(H,24,27). The highest BCUT2D eigenvalue weighted by Gasteiger charge is 2.16. The number of pyridine rings is 2. The topological polar surface area (TPSA) is 58.1 Å². The average molecular weight is 425 g/mol. The highest BCUT2D eigenvalue weighted by Crippen LogP contribution is 2.27. The van der Waals surface area contributed by atoms with Crippen LogP contribution in [-0.4, -0.2) is 47.0 Å². The summed E-state index contributed by atoms with van der Waals surface area (Å²) in [5.41, 5.74) is 3.09. The molecule has 0 aliphatic carbocycles. The van der Waals surface area contributed by atoms with Crippen LogP contribution in [0.1, 0.15) is 23.2 Å². The second-order valence-corrected chi connectivity index (χ2v) is 7.68. The van der Waals surface area contributed by atoms with Gasteiger partial charge in [0.25, 0.3) is 5.91 Å². The molecule has 1 aliphatic heterocycles. The SMILES string of the molecule is O=C(NCCN1CCCC1)c1cc(-c2cccnc2)nc2ccc(Br)cc12. The van der Waals surface area contributed by atoms with Crippen molar-refractivity contribution < 1.29 is 4.79 Å². The molecule has 138 valence electrons. The molecule has 0 saturated carbocycles. The van der Waals surface area contributed by atoms with Gasteiger partial charge >= 0.3 is 0 Å². The number of aromatic nitrogens is 2. The predicted molar refractivity (Wildman–Crippen MR) is 111 cm³/mol. The van der Waals surface area contributed by atoms with Crippen molar-refractivity contribution in [3.8, 4) is 11.3 Å². The lowest BCUT2D eigenvalue weighted by Gasteiger charge is -2.15. The van der Waals surface area contributed by atoms with Crippen LogP contribution in [0.25, 0.3) is 22.2 Å². The van der Waals surface area contributed by atoms with Gasteiger partial charge in [-0.15, -0.1) is 0 Å². The van der Waals surface area contributed by atoms with E-state index in [0.717, 1.165) is 46.3 Å². The van der Waals surface area contributed by atoms with E-state index in [2.05, 4.69) is 31.1 Å². The molecule has 3 heterocycles. The third kappa shape index (κ3) is 4.17. The number of hydrogen-bond donors (Lipinski definition) is 1. The molecule has 27 heavy (non-hydrogen) atoms. The van der Waals surface area contributed by atoms with E-state index in [9.17, 15) is 4.79 Å². The molecule has 0 bridgehead atoms. The van der Waals surface area contributed by atoms with Crippen molar-refractivity contribution in [2.45, 2.75) is 12.8 Å². The normalized spacial score (nSPS) is 14.6. The summed E-state index contributed by atoms with van der Waals surface area (Å²) in [5.74, 6) is -0.0650. The maximum absolute atomic E-state index is 12.9. The van der Waals surface area contributed by atoms with Crippen molar-refractivity contribution in [1.82, 2.24) is 20.2 Å². The number of carbonyl (C=O) groups is 1. The molecule has 5 nitrogen and oxygen atoms in total. The summed E-state index contributed by atoms with van der Waals surface area (Å²) < 4.78 is 0.928. The number of nitrogens with zero attached hydrogens (tertiary/aromatic N) is 3. The smallest absolute Gasteiger partial charge is 0.252 e. The van der Waals surface area contributed by atoms with Gasteiger partial charge in [0, 0.05) is 40.9 Å². The van der Waals surface area contributed by atoms with Crippen molar-refractivity contribution in [3.63, 3.8) is 0 Å². The number of fused-ring (bicyclic) bond motifs is 1. The van der Waals surface area contributed by atoms with Crippen LogP contribution in [-0.2, 0) is 0 Å². The van der Waals surface area contributed by atoms with Crippen molar-refractivity contribution in [1.29, 1.82) is 0 Å². The van der Waals surface area contributed by atoms with Gasteiger partial charge in [-0.2, -0.15) is 0 Å². The minimum atomic E-state index is -0.0650. The minimum absolute atomic E-state index is 0.0650. The molecule has 1 aromatic carbocycles.